The number of rotatable bonds is 4. The highest BCUT2D eigenvalue weighted by atomic mass is 16.6. The Labute approximate surface area is 290 Å². The Morgan fingerprint density at radius 2 is 1.54 bits per heavy atom. The van der Waals surface area contributed by atoms with Crippen LogP contribution in [0.15, 0.2) is 54.6 Å². The summed E-state index contributed by atoms with van der Waals surface area (Å²) >= 11 is 0. The quantitative estimate of drug-likeness (QED) is 0.185. The molecule has 0 fully saturated rings. The van der Waals surface area contributed by atoms with Crippen molar-refractivity contribution >= 4 is 17.5 Å². The van der Waals surface area contributed by atoms with E-state index < -0.39 is 16.1 Å². The van der Waals surface area contributed by atoms with Crippen LogP contribution in [-0.2, 0) is 37.2 Å². The number of likely N-dealkylation sites (N-methyl/N-ethyl adjacent to an activating group) is 1. The molecule has 1 N–H and O–H groups in total. The van der Waals surface area contributed by atoms with Crippen molar-refractivity contribution in [2.75, 3.05) is 84.6 Å². The summed E-state index contributed by atoms with van der Waals surface area (Å²) in [4.78, 5) is 13.8. The summed E-state index contributed by atoms with van der Waals surface area (Å²) in [5.41, 5.74) is 3.60. The second-order valence-corrected chi connectivity index (χ2v) is 12.5. The monoisotopic (exact) mass is 684 g/mol. The molecule has 2 spiro atoms. The fourth-order valence-electron chi connectivity index (χ4n) is 7.46. The highest BCUT2D eigenvalue weighted by Gasteiger charge is 2.64. The molecule has 1 unspecified atom stereocenters. The van der Waals surface area contributed by atoms with E-state index >= 15 is 0 Å². The molecule has 3 aromatic rings. The van der Waals surface area contributed by atoms with E-state index in [0.29, 0.717) is 88.5 Å². The van der Waals surface area contributed by atoms with Crippen molar-refractivity contribution in [2.24, 2.45) is 0 Å². The van der Waals surface area contributed by atoms with Gasteiger partial charge in [0.15, 0.2) is 11.5 Å². The van der Waals surface area contributed by atoms with Gasteiger partial charge in [-0.1, -0.05) is 30.0 Å². The maximum absolute atomic E-state index is 12.1. The molecule has 0 saturated carbocycles. The van der Waals surface area contributed by atoms with E-state index in [1.165, 1.54) is 6.07 Å². The number of anilines is 1. The van der Waals surface area contributed by atoms with E-state index in [0.717, 1.165) is 22.4 Å². The lowest BCUT2D eigenvalue weighted by Gasteiger charge is -2.47. The standard InChI is InChI=1S/C38H40N2O10/c1-39-33-7-3-2-6-31(33)37(38(39)11-10-30-29(5-4-13-44-14-12-41)32(40(42)43)8-9-34(30)50-38)25-27-23-35-36(24-28(27)26-37)49-22-20-47-18-16-45-15-17-46-19-21-48-35/h2-3,6-11,23-24,41H,12-22,25-26H2,1H3. The van der Waals surface area contributed by atoms with Crippen LogP contribution >= 0.6 is 0 Å². The normalized spacial score (nSPS) is 20.9. The zero-order valence-corrected chi connectivity index (χ0v) is 28.0. The second-order valence-electron chi connectivity index (χ2n) is 12.5. The number of benzene rings is 3. The molecule has 0 aromatic heterocycles. The van der Waals surface area contributed by atoms with Crippen LogP contribution in [0.5, 0.6) is 17.2 Å². The lowest BCUT2D eigenvalue weighted by molar-refractivity contribution is -0.385. The Kier molecular flexibility index (Phi) is 9.94. The molecule has 12 heteroatoms. The van der Waals surface area contributed by atoms with E-state index in [1.54, 1.807) is 6.07 Å². The third-order valence-corrected chi connectivity index (χ3v) is 9.67. The Morgan fingerprint density at radius 1 is 0.900 bits per heavy atom. The first kappa shape index (κ1) is 33.8. The van der Waals surface area contributed by atoms with Crippen LogP contribution in [0.4, 0.5) is 11.4 Å². The minimum absolute atomic E-state index is 0.0295. The van der Waals surface area contributed by atoms with Crippen LogP contribution in [0.1, 0.15) is 27.8 Å². The van der Waals surface area contributed by atoms with E-state index in [-0.39, 0.29) is 31.1 Å². The molecule has 3 aromatic carbocycles. The first-order valence-electron chi connectivity index (χ1n) is 16.8. The van der Waals surface area contributed by atoms with Gasteiger partial charge in [-0.15, -0.1) is 0 Å². The summed E-state index contributed by atoms with van der Waals surface area (Å²) in [5, 5.41) is 21.1. The number of fused-ring (bicyclic) bond motifs is 6. The maximum Gasteiger partial charge on any atom is 0.285 e. The molecule has 0 saturated heterocycles. The number of aliphatic hydroxyl groups excluding tert-OH is 1. The Hall–Kier alpha value is -4.64. The maximum atomic E-state index is 12.1. The van der Waals surface area contributed by atoms with E-state index in [2.05, 4.69) is 47.1 Å². The largest absolute Gasteiger partial charge is 0.487 e. The molecule has 0 amide bonds. The minimum atomic E-state index is -0.965. The van der Waals surface area contributed by atoms with Gasteiger partial charge in [-0.25, -0.2) is 0 Å². The first-order chi connectivity index (χ1) is 24.5. The molecule has 0 radical (unpaired) electrons. The Bertz CT molecular complexity index is 1790. The molecule has 3 heterocycles. The van der Waals surface area contributed by atoms with Gasteiger partial charge in [0.1, 0.15) is 31.1 Å². The fourth-order valence-corrected chi connectivity index (χ4v) is 7.46. The fraction of sp³-hybridized carbons (Fsp3) is 0.421. The first-order valence-corrected chi connectivity index (χ1v) is 16.8. The molecule has 50 heavy (non-hydrogen) atoms. The van der Waals surface area contributed by atoms with Gasteiger partial charge in [-0.05, 0) is 65.9 Å². The van der Waals surface area contributed by atoms with Gasteiger partial charge in [-0.2, -0.15) is 0 Å². The lowest BCUT2D eigenvalue weighted by atomic mass is 9.70. The van der Waals surface area contributed by atoms with E-state index in [9.17, 15) is 10.1 Å². The van der Waals surface area contributed by atoms with Gasteiger partial charge in [0.05, 0.1) is 63.2 Å². The van der Waals surface area contributed by atoms with Crippen molar-refractivity contribution in [1.29, 1.82) is 0 Å². The van der Waals surface area contributed by atoms with Gasteiger partial charge in [-0.3, -0.25) is 10.1 Å². The highest BCUT2D eigenvalue weighted by molar-refractivity contribution is 5.78. The van der Waals surface area contributed by atoms with Gasteiger partial charge in [0.25, 0.3) is 5.69 Å². The summed E-state index contributed by atoms with van der Waals surface area (Å²) in [7, 11) is 2.03. The Morgan fingerprint density at radius 3 is 2.18 bits per heavy atom. The van der Waals surface area contributed by atoms with Crippen molar-refractivity contribution < 1.29 is 43.2 Å². The molecule has 7 rings (SSSR count). The molecule has 1 atom stereocenters. The molecular formula is C38H40N2O10. The average Bonchev–Trinajstić information content (AvgIpc) is 3.58. The molecule has 262 valence electrons. The molecular weight excluding hydrogens is 644 g/mol. The summed E-state index contributed by atoms with van der Waals surface area (Å²) < 4.78 is 41.8. The molecule has 3 aliphatic heterocycles. The van der Waals surface area contributed by atoms with Crippen LogP contribution < -0.4 is 19.1 Å². The van der Waals surface area contributed by atoms with Crippen LogP contribution in [-0.4, -0.2) is 95.5 Å². The average molecular weight is 685 g/mol. The van der Waals surface area contributed by atoms with Crippen molar-refractivity contribution in [3.05, 3.63) is 92.5 Å². The summed E-state index contributed by atoms with van der Waals surface area (Å²) in [6.07, 6.45) is 5.23. The van der Waals surface area contributed by atoms with E-state index in [4.69, 9.17) is 38.3 Å². The summed E-state index contributed by atoms with van der Waals surface area (Å²) in [6, 6.07) is 15.6. The minimum Gasteiger partial charge on any atom is -0.487 e. The zero-order chi connectivity index (χ0) is 34.6. The number of nitrogens with zero attached hydrogens (tertiary/aromatic N) is 2. The number of hydrogen-bond donors (Lipinski definition) is 1. The zero-order valence-electron chi connectivity index (χ0n) is 28.0. The number of nitro groups is 1. The lowest BCUT2D eigenvalue weighted by Crippen LogP contribution is -2.61. The van der Waals surface area contributed by atoms with Crippen molar-refractivity contribution in [1.82, 2.24) is 0 Å². The third-order valence-electron chi connectivity index (χ3n) is 9.67. The molecule has 12 nitrogen and oxygen atoms in total. The highest BCUT2D eigenvalue weighted by Crippen LogP contribution is 2.60. The van der Waals surface area contributed by atoms with Gasteiger partial charge in [0, 0.05) is 24.4 Å². The van der Waals surface area contributed by atoms with Crippen LogP contribution in [0.25, 0.3) is 6.08 Å². The topological polar surface area (TPSA) is 131 Å². The summed E-state index contributed by atoms with van der Waals surface area (Å²) in [6.45, 7) is 3.53. The van der Waals surface area contributed by atoms with Crippen molar-refractivity contribution in [2.45, 2.75) is 24.0 Å². The van der Waals surface area contributed by atoms with Gasteiger partial charge < -0.3 is 43.2 Å². The van der Waals surface area contributed by atoms with Crippen molar-refractivity contribution in [3.8, 4) is 29.1 Å². The SMILES string of the molecule is CN1c2ccccc2C2(Cc3cc4c(cc3C2)OCCOCCOCCOCCO4)C12C=Cc1c(ccc([N+](=O)[O-])c1C#CCOCCO)O2. The predicted octanol–water partition coefficient (Wildman–Crippen LogP) is 4.06. The second kappa shape index (κ2) is 14.7. The van der Waals surface area contributed by atoms with Crippen molar-refractivity contribution in [3.63, 3.8) is 0 Å². The van der Waals surface area contributed by atoms with Crippen LogP contribution in [0, 0.1) is 22.0 Å². The predicted molar refractivity (Wildman–Crippen MR) is 184 cm³/mol. The van der Waals surface area contributed by atoms with Crippen LogP contribution in [0.2, 0.25) is 0 Å². The summed E-state index contributed by atoms with van der Waals surface area (Å²) in [5.74, 6) is 7.58. The molecule has 4 aliphatic rings. The number of hydrogen-bond acceptors (Lipinski definition) is 11. The van der Waals surface area contributed by atoms with E-state index in [1.807, 2.05) is 25.3 Å². The molecule has 0 bridgehead atoms. The number of aliphatic hydroxyl groups is 1. The number of para-hydroxylation sites is 1. The molecule has 1 aliphatic carbocycles. The number of ether oxygens (including phenoxy) is 7. The van der Waals surface area contributed by atoms with Gasteiger partial charge >= 0.3 is 0 Å². The van der Waals surface area contributed by atoms with Gasteiger partial charge in [0.2, 0.25) is 5.72 Å². The van der Waals surface area contributed by atoms with Crippen LogP contribution in [0.3, 0.4) is 0 Å². The smallest absolute Gasteiger partial charge is 0.285 e. The third kappa shape index (κ3) is 6.16. The number of nitro benzene ring substituents is 1. The Balaban J connectivity index is 1.26.